The molecule has 0 atom stereocenters. The lowest BCUT2D eigenvalue weighted by Crippen LogP contribution is -2.23. The van der Waals surface area contributed by atoms with E-state index in [9.17, 15) is 4.79 Å². The molecule has 0 N–H and O–H groups in total. The van der Waals surface area contributed by atoms with Crippen LogP contribution in [-0.4, -0.2) is 30.6 Å². The zero-order valence-corrected chi connectivity index (χ0v) is 10.0. The Balaban J connectivity index is 2.82. The van der Waals surface area contributed by atoms with Gasteiger partial charge in [-0.05, 0) is 6.92 Å². The summed E-state index contributed by atoms with van der Waals surface area (Å²) in [4.78, 5) is 16.9. The van der Waals surface area contributed by atoms with Gasteiger partial charge in [-0.15, -0.1) is 11.3 Å². The number of thiazole rings is 1. The Morgan fingerprint density at radius 1 is 1.53 bits per heavy atom. The lowest BCUT2D eigenvalue weighted by molar-refractivity contribution is 0.0520. The standard InChI is InChI=1S/C10H10N4O2S/c1-2-16-9(15)8-7-17-10(13-8)14(5-3-11)6-4-12/h7H,2,5-6H2,1H3. The average Bonchev–Trinajstić information content (AvgIpc) is 2.78. The van der Waals surface area contributed by atoms with E-state index in [1.54, 1.807) is 12.3 Å². The van der Waals surface area contributed by atoms with Gasteiger partial charge in [0.15, 0.2) is 10.8 Å². The number of esters is 1. The van der Waals surface area contributed by atoms with Crippen LogP contribution >= 0.6 is 11.3 Å². The number of anilines is 1. The molecule has 0 saturated carbocycles. The molecule has 0 aromatic carbocycles. The topological polar surface area (TPSA) is 90.0 Å². The maximum absolute atomic E-state index is 11.4. The van der Waals surface area contributed by atoms with E-state index in [2.05, 4.69) is 4.98 Å². The number of nitrogens with zero attached hydrogens (tertiary/aromatic N) is 4. The fourth-order valence-electron chi connectivity index (χ4n) is 1.07. The summed E-state index contributed by atoms with van der Waals surface area (Å²) in [6.45, 7) is 2.11. The SMILES string of the molecule is CCOC(=O)c1csc(N(CC#N)CC#N)n1. The average molecular weight is 250 g/mol. The van der Waals surface area contributed by atoms with Gasteiger partial charge >= 0.3 is 5.97 Å². The molecule has 0 aliphatic heterocycles. The van der Waals surface area contributed by atoms with Gasteiger partial charge in [-0.1, -0.05) is 0 Å². The van der Waals surface area contributed by atoms with E-state index < -0.39 is 5.97 Å². The minimum atomic E-state index is -0.496. The van der Waals surface area contributed by atoms with E-state index >= 15 is 0 Å². The third-order valence-electron chi connectivity index (χ3n) is 1.77. The summed E-state index contributed by atoms with van der Waals surface area (Å²) in [5.74, 6) is -0.496. The van der Waals surface area contributed by atoms with Crippen molar-refractivity contribution in [2.45, 2.75) is 6.92 Å². The van der Waals surface area contributed by atoms with Gasteiger partial charge in [0.05, 0.1) is 18.7 Å². The van der Waals surface area contributed by atoms with Crippen LogP contribution in [-0.2, 0) is 4.74 Å². The molecule has 0 amide bonds. The molecule has 0 spiro atoms. The molecule has 0 fully saturated rings. The zero-order valence-electron chi connectivity index (χ0n) is 9.21. The van der Waals surface area contributed by atoms with Crippen LogP contribution in [0.2, 0.25) is 0 Å². The molecule has 0 unspecified atom stereocenters. The second-order valence-electron chi connectivity index (χ2n) is 2.91. The predicted molar refractivity (Wildman–Crippen MR) is 61.5 cm³/mol. The van der Waals surface area contributed by atoms with Crippen molar-refractivity contribution in [2.24, 2.45) is 0 Å². The first-order chi connectivity index (χ1) is 8.22. The van der Waals surface area contributed by atoms with Crippen LogP contribution in [0.15, 0.2) is 5.38 Å². The van der Waals surface area contributed by atoms with Crippen LogP contribution in [0, 0.1) is 22.7 Å². The van der Waals surface area contributed by atoms with Crippen LogP contribution in [0.3, 0.4) is 0 Å². The number of hydrogen-bond donors (Lipinski definition) is 0. The molecule has 1 aromatic heterocycles. The van der Waals surface area contributed by atoms with Crippen molar-refractivity contribution >= 4 is 22.4 Å². The van der Waals surface area contributed by atoms with E-state index in [0.717, 1.165) is 0 Å². The molecule has 7 heteroatoms. The van der Waals surface area contributed by atoms with Gasteiger partial charge in [0, 0.05) is 5.38 Å². The third kappa shape index (κ3) is 3.44. The highest BCUT2D eigenvalue weighted by Gasteiger charge is 2.15. The quantitative estimate of drug-likeness (QED) is 0.575. The lowest BCUT2D eigenvalue weighted by atomic mass is 10.5. The Labute approximate surface area is 103 Å². The number of ether oxygens (including phenoxy) is 1. The van der Waals surface area contributed by atoms with Crippen LogP contribution in [0.25, 0.3) is 0 Å². The third-order valence-corrected chi connectivity index (χ3v) is 2.67. The van der Waals surface area contributed by atoms with Gasteiger partial charge in [0.1, 0.15) is 13.1 Å². The first-order valence-corrected chi connectivity index (χ1v) is 5.72. The van der Waals surface area contributed by atoms with Gasteiger partial charge in [-0.2, -0.15) is 10.5 Å². The van der Waals surface area contributed by atoms with Gasteiger partial charge in [-0.25, -0.2) is 9.78 Å². The molecule has 1 aromatic rings. The second-order valence-corrected chi connectivity index (χ2v) is 3.74. The number of carbonyl (C=O) groups is 1. The van der Waals surface area contributed by atoms with Crippen LogP contribution in [0.4, 0.5) is 5.13 Å². The zero-order chi connectivity index (χ0) is 12.7. The van der Waals surface area contributed by atoms with E-state index in [0.29, 0.717) is 5.13 Å². The van der Waals surface area contributed by atoms with Gasteiger partial charge in [0.2, 0.25) is 0 Å². The van der Waals surface area contributed by atoms with E-state index in [1.165, 1.54) is 16.2 Å². The number of carbonyl (C=O) groups excluding carboxylic acids is 1. The molecular formula is C10H10N4O2S. The summed E-state index contributed by atoms with van der Waals surface area (Å²) < 4.78 is 4.80. The molecule has 88 valence electrons. The normalized spacial score (nSPS) is 9.12. The van der Waals surface area contributed by atoms with Crippen molar-refractivity contribution in [1.29, 1.82) is 10.5 Å². The maximum atomic E-state index is 11.4. The van der Waals surface area contributed by atoms with Gasteiger partial charge in [0.25, 0.3) is 0 Å². The number of aromatic nitrogens is 1. The molecule has 0 radical (unpaired) electrons. The van der Waals surface area contributed by atoms with E-state index in [-0.39, 0.29) is 25.4 Å². The van der Waals surface area contributed by atoms with Crippen LogP contribution in [0.1, 0.15) is 17.4 Å². The summed E-state index contributed by atoms with van der Waals surface area (Å²) in [5.41, 5.74) is 0.202. The molecule has 0 aliphatic rings. The lowest BCUT2D eigenvalue weighted by Gasteiger charge is -2.12. The molecule has 0 bridgehead atoms. The highest BCUT2D eigenvalue weighted by molar-refractivity contribution is 7.13. The molecular weight excluding hydrogens is 240 g/mol. The minimum absolute atomic E-state index is 0.0589. The van der Waals surface area contributed by atoms with Crippen molar-refractivity contribution in [2.75, 3.05) is 24.6 Å². The summed E-state index contributed by atoms with van der Waals surface area (Å²) >= 11 is 1.20. The highest BCUT2D eigenvalue weighted by Crippen LogP contribution is 2.20. The van der Waals surface area contributed by atoms with Crippen LogP contribution in [0.5, 0.6) is 0 Å². The largest absolute Gasteiger partial charge is 0.461 e. The highest BCUT2D eigenvalue weighted by atomic mass is 32.1. The molecule has 0 aliphatic carbocycles. The Morgan fingerprint density at radius 3 is 2.71 bits per heavy atom. The molecule has 1 heterocycles. The van der Waals surface area contributed by atoms with Crippen molar-refractivity contribution in [3.63, 3.8) is 0 Å². The Hall–Kier alpha value is -2.12. The molecule has 17 heavy (non-hydrogen) atoms. The van der Waals surface area contributed by atoms with Gasteiger partial charge in [-0.3, -0.25) is 0 Å². The number of nitriles is 2. The Morgan fingerprint density at radius 2 is 2.18 bits per heavy atom. The summed E-state index contributed by atoms with van der Waals surface area (Å²) in [6.07, 6.45) is 0. The predicted octanol–water partition coefficient (Wildman–Crippen LogP) is 1.17. The molecule has 1 rings (SSSR count). The van der Waals surface area contributed by atoms with Crippen molar-refractivity contribution in [1.82, 2.24) is 4.98 Å². The minimum Gasteiger partial charge on any atom is -0.461 e. The number of hydrogen-bond acceptors (Lipinski definition) is 7. The van der Waals surface area contributed by atoms with E-state index in [1.807, 2.05) is 12.1 Å². The summed E-state index contributed by atoms with van der Waals surface area (Å²) in [6, 6.07) is 3.88. The van der Waals surface area contributed by atoms with Crippen molar-refractivity contribution in [3.8, 4) is 12.1 Å². The van der Waals surface area contributed by atoms with E-state index in [4.69, 9.17) is 15.3 Å². The van der Waals surface area contributed by atoms with Crippen molar-refractivity contribution in [3.05, 3.63) is 11.1 Å². The van der Waals surface area contributed by atoms with Gasteiger partial charge < -0.3 is 9.64 Å². The summed E-state index contributed by atoms with van der Waals surface area (Å²) in [7, 11) is 0. The van der Waals surface area contributed by atoms with Crippen molar-refractivity contribution < 1.29 is 9.53 Å². The Bertz CT molecular complexity index is 455. The summed E-state index contributed by atoms with van der Waals surface area (Å²) in [5, 5.41) is 19.2. The fraction of sp³-hybridized carbons (Fsp3) is 0.400. The Kier molecular flexibility index (Phi) is 4.92. The van der Waals surface area contributed by atoms with Crippen LogP contribution < -0.4 is 4.90 Å². The monoisotopic (exact) mass is 250 g/mol. The molecule has 0 saturated heterocycles. The molecule has 6 nitrogen and oxygen atoms in total. The fourth-order valence-corrected chi connectivity index (χ4v) is 1.87. The first kappa shape index (κ1) is 12.9. The number of rotatable bonds is 5. The second kappa shape index (κ2) is 6.46. The maximum Gasteiger partial charge on any atom is 0.357 e. The smallest absolute Gasteiger partial charge is 0.357 e. The first-order valence-electron chi connectivity index (χ1n) is 4.84.